The summed E-state index contributed by atoms with van der Waals surface area (Å²) in [6, 6.07) is 20.1. The maximum absolute atomic E-state index is 13.1. The van der Waals surface area contributed by atoms with Crippen molar-refractivity contribution in [2.75, 3.05) is 17.2 Å². The van der Waals surface area contributed by atoms with E-state index in [1.54, 1.807) is 36.4 Å². The quantitative estimate of drug-likeness (QED) is 0.310. The molecule has 0 spiro atoms. The molecule has 0 aliphatic carbocycles. The summed E-state index contributed by atoms with van der Waals surface area (Å²) < 4.78 is 6.67. The van der Waals surface area contributed by atoms with Crippen LogP contribution in [-0.2, 0) is 5.41 Å². The molecular formula is C29H33BrN2O3. The predicted molar refractivity (Wildman–Crippen MR) is 147 cm³/mol. The number of carbonyl (C=O) groups excluding carboxylic acids is 2. The number of halogens is 1. The second-order valence-electron chi connectivity index (χ2n) is 9.99. The number of amides is 2. The van der Waals surface area contributed by atoms with Crippen molar-refractivity contribution in [2.45, 2.75) is 46.5 Å². The summed E-state index contributed by atoms with van der Waals surface area (Å²) in [5.41, 5.74) is 3.37. The summed E-state index contributed by atoms with van der Waals surface area (Å²) in [4.78, 5) is 25.8. The lowest BCUT2D eigenvalue weighted by Gasteiger charge is -2.19. The number of carbonyl (C=O) groups is 2. The minimum atomic E-state index is -0.285. The van der Waals surface area contributed by atoms with Crippen LogP contribution >= 0.6 is 15.9 Å². The summed E-state index contributed by atoms with van der Waals surface area (Å²) >= 11 is 3.43. The molecule has 0 unspecified atom stereocenters. The van der Waals surface area contributed by atoms with Crippen molar-refractivity contribution in [3.63, 3.8) is 0 Å². The van der Waals surface area contributed by atoms with Crippen LogP contribution in [0.2, 0.25) is 0 Å². The van der Waals surface area contributed by atoms with E-state index in [1.807, 2.05) is 30.3 Å². The average Bonchev–Trinajstić information content (AvgIpc) is 2.79. The molecule has 0 heterocycles. The largest absolute Gasteiger partial charge is 0.493 e. The van der Waals surface area contributed by atoms with Crippen LogP contribution in [0.5, 0.6) is 5.75 Å². The average molecular weight is 537 g/mol. The zero-order chi connectivity index (χ0) is 25.6. The highest BCUT2D eigenvalue weighted by molar-refractivity contribution is 9.10. The molecule has 35 heavy (non-hydrogen) atoms. The van der Waals surface area contributed by atoms with Gasteiger partial charge in [-0.15, -0.1) is 0 Å². The molecule has 0 atom stereocenters. The van der Waals surface area contributed by atoms with Gasteiger partial charge in [0.25, 0.3) is 11.8 Å². The molecule has 0 radical (unpaired) electrons. The first-order valence-corrected chi connectivity index (χ1v) is 12.6. The lowest BCUT2D eigenvalue weighted by Crippen LogP contribution is -2.16. The van der Waals surface area contributed by atoms with E-state index in [-0.39, 0.29) is 17.2 Å². The van der Waals surface area contributed by atoms with Crippen molar-refractivity contribution < 1.29 is 14.3 Å². The Balaban J connectivity index is 1.70. The third kappa shape index (κ3) is 7.69. The van der Waals surface area contributed by atoms with Gasteiger partial charge in [-0.1, -0.05) is 68.7 Å². The predicted octanol–water partition coefficient (Wildman–Crippen LogP) is 7.68. The second-order valence-corrected chi connectivity index (χ2v) is 10.9. The number of ether oxygens (including phenoxy) is 1. The van der Waals surface area contributed by atoms with Crippen LogP contribution in [0.15, 0.2) is 71.2 Å². The van der Waals surface area contributed by atoms with Crippen molar-refractivity contribution in [1.82, 2.24) is 0 Å². The van der Waals surface area contributed by atoms with E-state index in [0.717, 1.165) is 10.9 Å². The Hall–Kier alpha value is -3.12. The molecule has 0 fully saturated rings. The summed E-state index contributed by atoms with van der Waals surface area (Å²) in [6.07, 6.45) is 0.901. The Morgan fingerprint density at radius 2 is 1.51 bits per heavy atom. The third-order valence-electron chi connectivity index (χ3n) is 5.53. The van der Waals surface area contributed by atoms with Gasteiger partial charge in [-0.3, -0.25) is 9.59 Å². The van der Waals surface area contributed by atoms with E-state index in [1.165, 1.54) is 5.56 Å². The first-order chi connectivity index (χ1) is 16.5. The van der Waals surface area contributed by atoms with Crippen molar-refractivity contribution >= 4 is 39.1 Å². The highest BCUT2D eigenvalue weighted by Gasteiger charge is 2.16. The molecule has 0 saturated carbocycles. The van der Waals surface area contributed by atoms with Crippen LogP contribution in [0.25, 0.3) is 0 Å². The summed E-state index contributed by atoms with van der Waals surface area (Å²) in [5, 5.41) is 5.82. The lowest BCUT2D eigenvalue weighted by molar-refractivity contribution is 0.101. The molecule has 2 N–H and O–H groups in total. The van der Waals surface area contributed by atoms with Gasteiger partial charge < -0.3 is 15.4 Å². The molecule has 6 heteroatoms. The highest BCUT2D eigenvalue weighted by atomic mass is 79.9. The molecule has 0 aromatic heterocycles. The number of hydrogen-bond acceptors (Lipinski definition) is 3. The van der Waals surface area contributed by atoms with Crippen LogP contribution in [0.4, 0.5) is 11.4 Å². The summed E-state index contributed by atoms with van der Waals surface area (Å²) in [5.74, 6) is 0.556. The van der Waals surface area contributed by atoms with Gasteiger partial charge in [0.2, 0.25) is 0 Å². The van der Waals surface area contributed by atoms with E-state index in [4.69, 9.17) is 4.74 Å². The summed E-state index contributed by atoms with van der Waals surface area (Å²) in [7, 11) is 0. The molecule has 3 aromatic rings. The van der Waals surface area contributed by atoms with Crippen LogP contribution in [-0.4, -0.2) is 18.4 Å². The topological polar surface area (TPSA) is 67.4 Å². The Morgan fingerprint density at radius 1 is 0.886 bits per heavy atom. The van der Waals surface area contributed by atoms with E-state index >= 15 is 0 Å². The molecule has 0 bridgehead atoms. The monoisotopic (exact) mass is 536 g/mol. The lowest BCUT2D eigenvalue weighted by atomic mass is 9.87. The highest BCUT2D eigenvalue weighted by Crippen LogP contribution is 2.26. The molecular weight excluding hydrogens is 504 g/mol. The van der Waals surface area contributed by atoms with Gasteiger partial charge in [0, 0.05) is 21.4 Å². The maximum atomic E-state index is 13.1. The zero-order valence-electron chi connectivity index (χ0n) is 20.9. The van der Waals surface area contributed by atoms with Gasteiger partial charge in [-0.05, 0) is 71.8 Å². The number of hydrogen-bond donors (Lipinski definition) is 2. The Morgan fingerprint density at radius 3 is 2.11 bits per heavy atom. The third-order valence-corrected chi connectivity index (χ3v) is 6.02. The molecule has 0 aliphatic rings. The molecule has 2 amide bonds. The SMILES string of the molecule is CC(C)CCOc1ccc(Br)cc1C(=O)Nc1cccc(NC(=O)c2ccc(C(C)(C)C)cc2)c1. The normalized spacial score (nSPS) is 11.3. The van der Waals surface area contributed by atoms with Gasteiger partial charge in [0.05, 0.1) is 12.2 Å². The second kappa shape index (κ2) is 11.5. The summed E-state index contributed by atoms with van der Waals surface area (Å²) in [6.45, 7) is 11.2. The van der Waals surface area contributed by atoms with E-state index in [2.05, 4.69) is 61.2 Å². The van der Waals surface area contributed by atoms with Crippen LogP contribution in [0.3, 0.4) is 0 Å². The number of rotatable bonds is 8. The molecule has 184 valence electrons. The zero-order valence-corrected chi connectivity index (χ0v) is 22.5. The van der Waals surface area contributed by atoms with Crippen LogP contribution in [0, 0.1) is 5.92 Å². The maximum Gasteiger partial charge on any atom is 0.259 e. The van der Waals surface area contributed by atoms with Gasteiger partial charge in [0.1, 0.15) is 5.75 Å². The van der Waals surface area contributed by atoms with Gasteiger partial charge >= 0.3 is 0 Å². The van der Waals surface area contributed by atoms with Gasteiger partial charge in [-0.2, -0.15) is 0 Å². The van der Waals surface area contributed by atoms with Crippen LogP contribution < -0.4 is 15.4 Å². The van der Waals surface area contributed by atoms with Crippen molar-refractivity contribution in [3.05, 3.63) is 87.9 Å². The van der Waals surface area contributed by atoms with Gasteiger partial charge in [0.15, 0.2) is 0 Å². The molecule has 3 aromatic carbocycles. The van der Waals surface area contributed by atoms with Gasteiger partial charge in [-0.25, -0.2) is 0 Å². The Bertz CT molecular complexity index is 1180. The standard InChI is InChI=1S/C29H33BrN2O3/c1-19(2)15-16-35-26-14-13-22(30)17-25(26)28(34)32-24-8-6-7-23(18-24)31-27(33)20-9-11-21(12-10-20)29(3,4)5/h6-14,17-19H,15-16H2,1-5H3,(H,31,33)(H,32,34). The first kappa shape index (κ1) is 26.5. The molecule has 0 saturated heterocycles. The van der Waals surface area contributed by atoms with E-state index in [0.29, 0.717) is 40.8 Å². The smallest absolute Gasteiger partial charge is 0.259 e. The number of benzene rings is 3. The Kier molecular flexibility index (Phi) is 8.73. The minimum Gasteiger partial charge on any atom is -0.493 e. The fourth-order valence-corrected chi connectivity index (χ4v) is 3.77. The van der Waals surface area contributed by atoms with E-state index < -0.39 is 0 Å². The molecule has 0 aliphatic heterocycles. The van der Waals surface area contributed by atoms with Crippen molar-refractivity contribution in [3.8, 4) is 5.75 Å². The minimum absolute atomic E-state index is 0.0230. The number of anilines is 2. The molecule has 3 rings (SSSR count). The molecule has 5 nitrogen and oxygen atoms in total. The fourth-order valence-electron chi connectivity index (χ4n) is 3.41. The van der Waals surface area contributed by atoms with Crippen LogP contribution in [0.1, 0.15) is 67.3 Å². The fraction of sp³-hybridized carbons (Fsp3) is 0.310. The van der Waals surface area contributed by atoms with Crippen molar-refractivity contribution in [1.29, 1.82) is 0 Å². The van der Waals surface area contributed by atoms with Crippen molar-refractivity contribution in [2.24, 2.45) is 5.92 Å². The van der Waals surface area contributed by atoms with E-state index in [9.17, 15) is 9.59 Å². The Labute approximate surface area is 216 Å². The first-order valence-electron chi connectivity index (χ1n) is 11.8. The number of nitrogens with one attached hydrogen (secondary N) is 2.